The van der Waals surface area contributed by atoms with Crippen LogP contribution in [0, 0.1) is 0 Å². The van der Waals surface area contributed by atoms with E-state index in [1.165, 1.54) is 0 Å². The van der Waals surface area contributed by atoms with Crippen molar-refractivity contribution in [3.8, 4) is 0 Å². The fourth-order valence-electron chi connectivity index (χ4n) is 0.354. The summed E-state index contributed by atoms with van der Waals surface area (Å²) in [5, 5.41) is -0.388. The van der Waals surface area contributed by atoms with Crippen LogP contribution < -0.4 is 0 Å². The van der Waals surface area contributed by atoms with Crippen LogP contribution in [0.5, 0.6) is 0 Å². The van der Waals surface area contributed by atoms with Gasteiger partial charge in [-0.1, -0.05) is 68.6 Å². The van der Waals surface area contributed by atoms with Crippen LogP contribution in [-0.2, 0) is 16.3 Å². The molecule has 7 heteroatoms. The molecule has 0 aromatic heterocycles. The molecule has 0 saturated heterocycles. The number of hydrogen-bond donors (Lipinski definition) is 1. The van der Waals surface area contributed by atoms with E-state index in [9.17, 15) is 4.89 Å². The second kappa shape index (κ2) is 4.89. The Morgan fingerprint density at radius 1 is 1.31 bits per heavy atom. The highest BCUT2D eigenvalue weighted by Crippen LogP contribution is 2.56. The first-order chi connectivity index (χ1) is 5.46. The molecule has 1 unspecified atom stereocenters. The fourth-order valence-corrected chi connectivity index (χ4v) is 2.14. The highest BCUT2D eigenvalue weighted by molar-refractivity contribution is 9.39. The van der Waals surface area contributed by atoms with Crippen molar-refractivity contribution >= 4 is 66.1 Å². The van der Waals surface area contributed by atoms with Gasteiger partial charge in [-0.05, 0) is 11.8 Å². The van der Waals surface area contributed by atoms with Crippen molar-refractivity contribution in [2.75, 3.05) is 6.61 Å². The lowest BCUT2D eigenvalue weighted by atomic mass is 10.3. The summed E-state index contributed by atoms with van der Waals surface area (Å²) in [5.74, 6) is 0. The van der Waals surface area contributed by atoms with E-state index >= 15 is 0 Å². The second-order valence-corrected chi connectivity index (χ2v) is 15.0. The zero-order chi connectivity index (χ0) is 10.9. The van der Waals surface area contributed by atoms with Crippen LogP contribution in [0.4, 0.5) is 0 Å². The predicted molar refractivity (Wildman–Crippen MR) is 71.7 cm³/mol. The Morgan fingerprint density at radius 2 is 1.69 bits per heavy atom. The van der Waals surface area contributed by atoms with Crippen molar-refractivity contribution in [1.29, 1.82) is 0 Å². The van der Waals surface area contributed by atoms with Gasteiger partial charge < -0.3 is 9.42 Å². The van der Waals surface area contributed by atoms with Crippen molar-refractivity contribution in [1.82, 2.24) is 0 Å². The lowest BCUT2D eigenvalue weighted by Gasteiger charge is -2.30. The zero-order valence-electron chi connectivity index (χ0n) is 7.55. The van der Waals surface area contributed by atoms with Crippen molar-refractivity contribution in [2.24, 2.45) is 0 Å². The van der Waals surface area contributed by atoms with Gasteiger partial charge in [-0.25, -0.2) is 0 Å². The van der Waals surface area contributed by atoms with E-state index < -0.39 is 8.63 Å². The summed E-state index contributed by atoms with van der Waals surface area (Å²) in [7, 11) is 0. The SMILES string of the molecule is CC(C)(C)P(O)(=S)OCC(Br)(Br)Br. The third kappa shape index (κ3) is 6.23. The minimum Gasteiger partial charge on any atom is -0.345 e. The Bertz CT molecular complexity index is 221. The van der Waals surface area contributed by atoms with Gasteiger partial charge in [0.15, 0.2) is 8.63 Å². The van der Waals surface area contributed by atoms with E-state index in [2.05, 4.69) is 47.8 Å². The van der Waals surface area contributed by atoms with E-state index in [0.29, 0.717) is 0 Å². The first-order valence-corrected chi connectivity index (χ1v) is 8.55. The highest BCUT2D eigenvalue weighted by Gasteiger charge is 2.33. The number of alkyl halides is 3. The predicted octanol–water partition coefficient (Wildman–Crippen LogP) is 3.94. The molecule has 0 bridgehead atoms. The van der Waals surface area contributed by atoms with Crippen LogP contribution in [-0.4, -0.2) is 18.8 Å². The molecule has 1 atom stereocenters. The molecule has 0 aromatic carbocycles. The summed E-state index contributed by atoms with van der Waals surface area (Å²) < 4.78 is 4.79. The Kier molecular flexibility index (Phi) is 5.65. The van der Waals surface area contributed by atoms with Gasteiger partial charge in [0.2, 0.25) is 0 Å². The monoisotopic (exact) mass is 416 g/mol. The number of halogens is 3. The van der Waals surface area contributed by atoms with Gasteiger partial charge in [0.05, 0.1) is 6.61 Å². The van der Waals surface area contributed by atoms with E-state index in [1.54, 1.807) is 0 Å². The highest BCUT2D eigenvalue weighted by atomic mass is 80.0. The van der Waals surface area contributed by atoms with E-state index in [0.717, 1.165) is 0 Å². The Hall–Kier alpha value is 2.01. The maximum absolute atomic E-state index is 9.86. The molecule has 0 fully saturated rings. The van der Waals surface area contributed by atoms with Crippen LogP contribution in [0.2, 0.25) is 0 Å². The molecular weight excluding hydrogens is 407 g/mol. The second-order valence-electron chi connectivity index (χ2n) is 3.58. The largest absolute Gasteiger partial charge is 0.345 e. The summed E-state index contributed by atoms with van der Waals surface area (Å²) in [4.78, 5) is 9.86. The number of hydrogen-bond acceptors (Lipinski definition) is 2. The van der Waals surface area contributed by atoms with Crippen LogP contribution >= 0.6 is 54.3 Å². The maximum Gasteiger partial charge on any atom is 0.191 e. The van der Waals surface area contributed by atoms with Crippen molar-refractivity contribution in [3.63, 3.8) is 0 Å². The molecule has 0 spiro atoms. The van der Waals surface area contributed by atoms with E-state index in [1.807, 2.05) is 20.8 Å². The average molecular weight is 419 g/mol. The van der Waals surface area contributed by atoms with Crippen LogP contribution in [0.15, 0.2) is 0 Å². The number of rotatable bonds is 2. The summed E-state index contributed by atoms with van der Waals surface area (Å²) in [6.45, 7) is 3.13. The molecule has 80 valence electrons. The van der Waals surface area contributed by atoms with Crippen molar-refractivity contribution in [3.05, 3.63) is 0 Å². The molecule has 0 rings (SSSR count). The molecule has 0 aromatic rings. The van der Waals surface area contributed by atoms with Gasteiger partial charge >= 0.3 is 0 Å². The van der Waals surface area contributed by atoms with Gasteiger partial charge in [-0.3, -0.25) is 0 Å². The normalized spacial score (nSPS) is 18.4. The first-order valence-electron chi connectivity index (χ1n) is 3.50. The smallest absolute Gasteiger partial charge is 0.191 e. The van der Waals surface area contributed by atoms with Crippen molar-refractivity contribution in [2.45, 2.75) is 28.1 Å². The van der Waals surface area contributed by atoms with E-state index in [-0.39, 0.29) is 11.8 Å². The summed E-state index contributed by atoms with van der Waals surface area (Å²) in [5.41, 5.74) is 0. The van der Waals surface area contributed by atoms with Gasteiger partial charge in [0.1, 0.15) is 0 Å². The summed E-state index contributed by atoms with van der Waals surface area (Å²) in [6, 6.07) is 0. The molecule has 1 N–H and O–H groups in total. The molecule has 0 aliphatic rings. The molecular formula is C6H12Br3O2PS. The lowest BCUT2D eigenvalue weighted by molar-refractivity contribution is 0.305. The van der Waals surface area contributed by atoms with Crippen LogP contribution in [0.25, 0.3) is 0 Å². The molecule has 0 aliphatic heterocycles. The van der Waals surface area contributed by atoms with Gasteiger partial charge in [-0.15, -0.1) is 0 Å². The minimum atomic E-state index is -2.73. The topological polar surface area (TPSA) is 29.5 Å². The van der Waals surface area contributed by atoms with Gasteiger partial charge in [-0.2, -0.15) is 0 Å². The summed E-state index contributed by atoms with van der Waals surface area (Å²) >= 11 is 14.8. The molecule has 0 saturated carbocycles. The Labute approximate surface area is 109 Å². The van der Waals surface area contributed by atoms with Crippen LogP contribution in [0.1, 0.15) is 20.8 Å². The van der Waals surface area contributed by atoms with Crippen LogP contribution in [0.3, 0.4) is 0 Å². The quantitative estimate of drug-likeness (QED) is 0.544. The van der Waals surface area contributed by atoms with Gasteiger partial charge in [0.25, 0.3) is 0 Å². The molecule has 0 heterocycles. The van der Waals surface area contributed by atoms with Crippen molar-refractivity contribution < 1.29 is 9.42 Å². The zero-order valence-corrected chi connectivity index (χ0v) is 14.0. The molecule has 0 radical (unpaired) electrons. The first kappa shape index (κ1) is 15.0. The lowest BCUT2D eigenvalue weighted by Crippen LogP contribution is -2.19. The summed E-state index contributed by atoms with van der Waals surface area (Å²) in [6.07, 6.45) is 0. The Morgan fingerprint density at radius 3 is 1.92 bits per heavy atom. The molecule has 0 aliphatic carbocycles. The van der Waals surface area contributed by atoms with Gasteiger partial charge in [0, 0.05) is 5.16 Å². The molecule has 0 amide bonds. The van der Waals surface area contributed by atoms with E-state index in [4.69, 9.17) is 16.3 Å². The fraction of sp³-hybridized carbons (Fsp3) is 1.00. The minimum absolute atomic E-state index is 0.262. The molecule has 13 heavy (non-hydrogen) atoms. The maximum atomic E-state index is 9.86. The molecule has 2 nitrogen and oxygen atoms in total. The third-order valence-electron chi connectivity index (χ3n) is 1.25. The average Bonchev–Trinajstić information content (AvgIpc) is 1.79. The Balaban J connectivity index is 4.30. The standard InChI is InChI=1S/C6H12Br3O2PS/c1-5(2,3)12(10,13)11-4-6(7,8)9/h4H2,1-3H3,(H,10,13). The third-order valence-corrected chi connectivity index (χ3v) is 6.07.